The maximum Gasteiger partial charge on any atom is 0.189 e. The SMILES string of the molecule is OC[C@@H]1C[C@@](O)(Cc2ccccc2)[C@](O)(Cc2ccccc2)[C@@H](OCCc2c[nH]c3ccccc23)O1. The number of hydrogen-bond acceptors (Lipinski definition) is 5. The highest BCUT2D eigenvalue weighted by Gasteiger charge is 2.60. The molecular formula is C30H33NO5. The van der Waals surface area contributed by atoms with Gasteiger partial charge in [-0.05, 0) is 29.2 Å². The summed E-state index contributed by atoms with van der Waals surface area (Å²) in [6.45, 7) is 0.00397. The molecule has 0 amide bonds. The topological polar surface area (TPSA) is 94.9 Å². The number of aromatic amines is 1. The molecule has 0 spiro atoms. The molecule has 2 heterocycles. The van der Waals surface area contributed by atoms with Gasteiger partial charge in [-0.1, -0.05) is 78.9 Å². The van der Waals surface area contributed by atoms with E-state index in [0.29, 0.717) is 6.42 Å². The molecule has 1 aromatic heterocycles. The minimum atomic E-state index is -1.74. The van der Waals surface area contributed by atoms with Gasteiger partial charge in [-0.3, -0.25) is 0 Å². The normalized spacial score (nSPS) is 26.3. The zero-order valence-corrected chi connectivity index (χ0v) is 20.2. The molecule has 4 aromatic rings. The molecule has 1 saturated heterocycles. The number of rotatable bonds is 9. The summed E-state index contributed by atoms with van der Waals surface area (Å²) in [5, 5.41) is 35.4. The Balaban J connectivity index is 1.43. The van der Waals surface area contributed by atoms with E-state index < -0.39 is 23.6 Å². The number of aromatic nitrogens is 1. The van der Waals surface area contributed by atoms with Gasteiger partial charge in [0, 0.05) is 36.4 Å². The molecule has 4 N–H and O–H groups in total. The molecule has 188 valence electrons. The van der Waals surface area contributed by atoms with Crippen LogP contribution in [0.3, 0.4) is 0 Å². The van der Waals surface area contributed by atoms with Crippen LogP contribution < -0.4 is 0 Å². The Morgan fingerprint density at radius 2 is 1.50 bits per heavy atom. The molecule has 1 fully saturated rings. The summed E-state index contributed by atoms with van der Waals surface area (Å²) in [6, 6.07) is 27.2. The van der Waals surface area contributed by atoms with Gasteiger partial charge in [0.1, 0.15) is 11.2 Å². The van der Waals surface area contributed by atoms with Crippen LogP contribution in [0, 0.1) is 0 Å². The summed E-state index contributed by atoms with van der Waals surface area (Å²) < 4.78 is 12.3. The zero-order valence-electron chi connectivity index (χ0n) is 20.2. The van der Waals surface area contributed by atoms with Crippen LogP contribution in [0.1, 0.15) is 23.1 Å². The Morgan fingerprint density at radius 1 is 0.861 bits per heavy atom. The van der Waals surface area contributed by atoms with E-state index in [-0.39, 0.29) is 32.5 Å². The molecule has 5 rings (SSSR count). The second-order valence-corrected chi connectivity index (χ2v) is 9.74. The van der Waals surface area contributed by atoms with E-state index in [1.54, 1.807) is 0 Å². The molecule has 4 atom stereocenters. The van der Waals surface area contributed by atoms with Crippen LogP contribution in [-0.4, -0.2) is 57.1 Å². The summed E-state index contributed by atoms with van der Waals surface area (Å²) in [6.07, 6.45) is 1.23. The lowest BCUT2D eigenvalue weighted by Crippen LogP contribution is -2.70. The molecule has 0 aliphatic carbocycles. The number of hydrogen-bond donors (Lipinski definition) is 4. The number of nitrogens with one attached hydrogen (secondary N) is 1. The molecule has 1 aliphatic rings. The third-order valence-corrected chi connectivity index (χ3v) is 7.25. The van der Waals surface area contributed by atoms with E-state index in [1.807, 2.05) is 85.1 Å². The molecule has 0 saturated carbocycles. The van der Waals surface area contributed by atoms with Crippen molar-refractivity contribution in [3.8, 4) is 0 Å². The second-order valence-electron chi connectivity index (χ2n) is 9.74. The van der Waals surface area contributed by atoms with Crippen LogP contribution in [-0.2, 0) is 28.7 Å². The first-order valence-corrected chi connectivity index (χ1v) is 12.5. The molecular weight excluding hydrogens is 454 g/mol. The number of aliphatic hydroxyl groups is 3. The largest absolute Gasteiger partial charge is 0.394 e. The minimum absolute atomic E-state index is 0.0873. The lowest BCUT2D eigenvalue weighted by molar-refractivity contribution is -0.344. The Bertz CT molecular complexity index is 1260. The summed E-state index contributed by atoms with van der Waals surface area (Å²) in [5.74, 6) is 0. The predicted octanol–water partition coefficient (Wildman–Crippen LogP) is 3.78. The van der Waals surface area contributed by atoms with Crippen molar-refractivity contribution in [3.63, 3.8) is 0 Å². The van der Waals surface area contributed by atoms with E-state index in [4.69, 9.17) is 9.47 Å². The highest BCUT2D eigenvalue weighted by molar-refractivity contribution is 5.83. The first-order chi connectivity index (χ1) is 17.5. The molecule has 0 unspecified atom stereocenters. The zero-order chi connectivity index (χ0) is 25.0. The van der Waals surface area contributed by atoms with Gasteiger partial charge in [0.2, 0.25) is 0 Å². The highest BCUT2D eigenvalue weighted by atomic mass is 16.7. The van der Waals surface area contributed by atoms with Gasteiger partial charge in [0.25, 0.3) is 0 Å². The van der Waals surface area contributed by atoms with Crippen LogP contribution in [0.2, 0.25) is 0 Å². The fraction of sp³-hybridized carbons (Fsp3) is 0.333. The predicted molar refractivity (Wildman–Crippen MR) is 139 cm³/mol. The first kappa shape index (κ1) is 24.7. The Labute approximate surface area is 211 Å². The minimum Gasteiger partial charge on any atom is -0.394 e. The van der Waals surface area contributed by atoms with Crippen LogP contribution in [0.4, 0.5) is 0 Å². The van der Waals surface area contributed by atoms with Gasteiger partial charge in [0.05, 0.1) is 19.3 Å². The lowest BCUT2D eigenvalue weighted by atomic mass is 9.69. The lowest BCUT2D eigenvalue weighted by Gasteiger charge is -2.53. The molecule has 6 heteroatoms. The number of ether oxygens (including phenoxy) is 2. The number of benzene rings is 3. The van der Waals surface area contributed by atoms with Crippen molar-refractivity contribution in [2.75, 3.05) is 13.2 Å². The monoisotopic (exact) mass is 487 g/mol. The maximum absolute atomic E-state index is 12.2. The number of aliphatic hydroxyl groups excluding tert-OH is 1. The average Bonchev–Trinajstić information content (AvgIpc) is 3.31. The molecule has 3 aromatic carbocycles. The smallest absolute Gasteiger partial charge is 0.189 e. The summed E-state index contributed by atoms with van der Waals surface area (Å²) in [4.78, 5) is 3.27. The fourth-order valence-electron chi connectivity index (χ4n) is 5.32. The Hall–Kier alpha value is -3.00. The van der Waals surface area contributed by atoms with Crippen molar-refractivity contribution in [1.29, 1.82) is 0 Å². The van der Waals surface area contributed by atoms with Crippen LogP contribution in [0.5, 0.6) is 0 Å². The standard InChI is InChI=1S/C30H33NO5/c32-21-25-19-29(33,17-22-9-3-1-4-10-22)30(34,18-23-11-5-2-6-12-23)28(36-25)35-16-15-24-20-31-27-14-8-7-13-26(24)27/h1-14,20,25,28,31-34H,15-19,21H2/t25-,28-,29-,30-/m0/s1. The van der Waals surface area contributed by atoms with Gasteiger partial charge >= 0.3 is 0 Å². The Morgan fingerprint density at radius 3 is 2.19 bits per heavy atom. The summed E-state index contributed by atoms with van der Waals surface area (Å²) >= 11 is 0. The van der Waals surface area contributed by atoms with E-state index in [0.717, 1.165) is 27.6 Å². The first-order valence-electron chi connectivity index (χ1n) is 12.5. The van der Waals surface area contributed by atoms with Gasteiger partial charge < -0.3 is 29.8 Å². The van der Waals surface area contributed by atoms with Gasteiger partial charge in [-0.15, -0.1) is 0 Å². The van der Waals surface area contributed by atoms with Crippen molar-refractivity contribution < 1.29 is 24.8 Å². The third kappa shape index (κ3) is 4.96. The highest BCUT2D eigenvalue weighted by Crippen LogP contribution is 2.43. The van der Waals surface area contributed by atoms with Crippen LogP contribution in [0.25, 0.3) is 10.9 Å². The molecule has 0 bridgehead atoms. The fourth-order valence-corrected chi connectivity index (χ4v) is 5.32. The molecule has 36 heavy (non-hydrogen) atoms. The van der Waals surface area contributed by atoms with Gasteiger partial charge in [0.15, 0.2) is 6.29 Å². The van der Waals surface area contributed by atoms with Crippen molar-refractivity contribution >= 4 is 10.9 Å². The van der Waals surface area contributed by atoms with E-state index in [2.05, 4.69) is 11.1 Å². The molecule has 1 aliphatic heterocycles. The van der Waals surface area contributed by atoms with Gasteiger partial charge in [-0.2, -0.15) is 0 Å². The van der Waals surface area contributed by atoms with Crippen molar-refractivity contribution in [1.82, 2.24) is 4.98 Å². The third-order valence-electron chi connectivity index (χ3n) is 7.25. The van der Waals surface area contributed by atoms with Crippen molar-refractivity contribution in [2.45, 2.75) is 49.3 Å². The maximum atomic E-state index is 12.2. The average molecular weight is 488 g/mol. The number of para-hydroxylation sites is 1. The molecule has 6 nitrogen and oxygen atoms in total. The van der Waals surface area contributed by atoms with Gasteiger partial charge in [-0.25, -0.2) is 0 Å². The number of fused-ring (bicyclic) bond motifs is 1. The number of H-pyrrole nitrogens is 1. The van der Waals surface area contributed by atoms with E-state index in [1.165, 1.54) is 0 Å². The van der Waals surface area contributed by atoms with Crippen LogP contribution in [0.15, 0.2) is 91.1 Å². The van der Waals surface area contributed by atoms with Crippen LogP contribution >= 0.6 is 0 Å². The second kappa shape index (κ2) is 10.5. The van der Waals surface area contributed by atoms with Crippen molar-refractivity contribution in [3.05, 3.63) is 108 Å². The van der Waals surface area contributed by atoms with E-state index in [9.17, 15) is 15.3 Å². The summed E-state index contributed by atoms with van der Waals surface area (Å²) in [7, 11) is 0. The van der Waals surface area contributed by atoms with E-state index >= 15 is 0 Å². The quantitative estimate of drug-likeness (QED) is 0.288. The molecule has 0 radical (unpaired) electrons. The van der Waals surface area contributed by atoms with Crippen molar-refractivity contribution in [2.24, 2.45) is 0 Å². The summed E-state index contributed by atoms with van der Waals surface area (Å²) in [5.41, 5.74) is 0.591. The Kier molecular flexibility index (Phi) is 7.23.